The molecule has 1 atom stereocenters. The van der Waals surface area contributed by atoms with E-state index in [0.717, 1.165) is 45.3 Å². The van der Waals surface area contributed by atoms with Crippen molar-refractivity contribution in [2.75, 3.05) is 32.7 Å². The Balaban J connectivity index is 1.75. The molecule has 0 aromatic rings. The minimum absolute atomic E-state index is 0.244. The summed E-state index contributed by atoms with van der Waals surface area (Å²) >= 11 is 0. The van der Waals surface area contributed by atoms with Crippen LogP contribution < -0.4 is 10.0 Å². The fraction of sp³-hybridized carbons (Fsp3) is 1.00. The van der Waals surface area contributed by atoms with Gasteiger partial charge in [-0.15, -0.1) is 0 Å². The minimum Gasteiger partial charge on any atom is -0.315 e. The van der Waals surface area contributed by atoms with Gasteiger partial charge in [0.25, 0.3) is 0 Å². The number of hydrogen-bond acceptors (Lipinski definition) is 4. The van der Waals surface area contributed by atoms with Gasteiger partial charge in [-0.05, 0) is 65.1 Å². The summed E-state index contributed by atoms with van der Waals surface area (Å²) in [5.74, 6) is 0.497. The first-order valence-corrected chi connectivity index (χ1v) is 9.47. The Hall–Kier alpha value is -0.170. The van der Waals surface area contributed by atoms with Gasteiger partial charge < -0.3 is 10.2 Å². The lowest BCUT2D eigenvalue weighted by molar-refractivity contribution is 0.150. The molecule has 2 heterocycles. The second kappa shape index (κ2) is 7.20. The number of piperidine rings is 2. The summed E-state index contributed by atoms with van der Waals surface area (Å²) in [6.07, 6.45) is 3.94. The number of nitrogens with zero attached hydrogens (tertiary/aromatic N) is 1. The van der Waals surface area contributed by atoms with E-state index < -0.39 is 10.0 Å². The van der Waals surface area contributed by atoms with Gasteiger partial charge in [0, 0.05) is 19.1 Å². The van der Waals surface area contributed by atoms with Crippen molar-refractivity contribution < 1.29 is 8.42 Å². The summed E-state index contributed by atoms with van der Waals surface area (Å²) in [6.45, 7) is 8.79. The summed E-state index contributed by atoms with van der Waals surface area (Å²) in [7, 11) is -3.14. The zero-order valence-electron chi connectivity index (χ0n) is 12.8. The summed E-state index contributed by atoms with van der Waals surface area (Å²) in [5, 5.41) is 2.93. The predicted molar refractivity (Wildman–Crippen MR) is 82.2 cm³/mol. The van der Waals surface area contributed by atoms with Crippen molar-refractivity contribution in [2.24, 2.45) is 5.92 Å². The Bertz CT molecular complexity index is 383. The Morgan fingerprint density at radius 3 is 2.50 bits per heavy atom. The number of likely N-dealkylation sites (tertiary alicyclic amines) is 1. The van der Waals surface area contributed by atoms with Crippen molar-refractivity contribution in [2.45, 2.75) is 50.8 Å². The third-order valence-electron chi connectivity index (χ3n) is 4.64. The number of hydrogen-bond donors (Lipinski definition) is 2. The lowest BCUT2D eigenvalue weighted by atomic mass is 9.96. The molecule has 0 amide bonds. The van der Waals surface area contributed by atoms with Gasteiger partial charge in [0.2, 0.25) is 10.0 Å². The standard InChI is InChI=1S/C14H29N3O2S/c1-12(2)17-8-5-13(6-9-17)10-16-20(18,19)14-4-3-7-15-11-14/h12-16H,3-11H2,1-2H3. The van der Waals surface area contributed by atoms with E-state index in [2.05, 4.69) is 28.8 Å². The fourth-order valence-electron chi connectivity index (χ4n) is 3.11. The highest BCUT2D eigenvalue weighted by molar-refractivity contribution is 7.90. The molecule has 1 unspecified atom stereocenters. The summed E-state index contributed by atoms with van der Waals surface area (Å²) < 4.78 is 27.3. The van der Waals surface area contributed by atoms with Gasteiger partial charge in [-0.25, -0.2) is 13.1 Å². The van der Waals surface area contributed by atoms with Crippen LogP contribution in [0.2, 0.25) is 0 Å². The molecule has 118 valence electrons. The number of sulfonamides is 1. The fourth-order valence-corrected chi connectivity index (χ4v) is 4.63. The lowest BCUT2D eigenvalue weighted by Gasteiger charge is -2.34. The molecule has 0 bridgehead atoms. The van der Waals surface area contributed by atoms with Crippen LogP contribution in [0.1, 0.15) is 39.5 Å². The van der Waals surface area contributed by atoms with E-state index in [-0.39, 0.29) is 5.25 Å². The molecule has 2 rings (SSSR count). The molecule has 0 saturated carbocycles. The zero-order chi connectivity index (χ0) is 14.6. The molecule has 20 heavy (non-hydrogen) atoms. The van der Waals surface area contributed by atoms with Crippen LogP contribution in [0.3, 0.4) is 0 Å². The highest BCUT2D eigenvalue weighted by Gasteiger charge is 2.28. The monoisotopic (exact) mass is 303 g/mol. The first-order valence-electron chi connectivity index (χ1n) is 7.92. The van der Waals surface area contributed by atoms with E-state index in [1.165, 1.54) is 0 Å². The molecule has 0 aliphatic carbocycles. The quantitative estimate of drug-likeness (QED) is 0.788. The van der Waals surface area contributed by atoms with E-state index in [1.54, 1.807) is 0 Å². The molecule has 2 N–H and O–H groups in total. The van der Waals surface area contributed by atoms with Crippen LogP contribution in [-0.2, 0) is 10.0 Å². The maximum absolute atomic E-state index is 12.2. The predicted octanol–water partition coefficient (Wildman–Crippen LogP) is 0.778. The molecule has 2 aliphatic heterocycles. The van der Waals surface area contributed by atoms with E-state index in [4.69, 9.17) is 0 Å². The highest BCUT2D eigenvalue weighted by atomic mass is 32.2. The molecular weight excluding hydrogens is 274 g/mol. The van der Waals surface area contributed by atoms with E-state index in [9.17, 15) is 8.42 Å². The van der Waals surface area contributed by atoms with E-state index in [1.807, 2.05) is 0 Å². The minimum atomic E-state index is -3.14. The SMILES string of the molecule is CC(C)N1CCC(CNS(=O)(=O)C2CCCNC2)CC1. The molecule has 0 radical (unpaired) electrons. The first kappa shape index (κ1) is 16.2. The molecule has 2 aliphatic rings. The third kappa shape index (κ3) is 4.41. The molecule has 2 fully saturated rings. The molecule has 2 saturated heterocycles. The average molecular weight is 303 g/mol. The highest BCUT2D eigenvalue weighted by Crippen LogP contribution is 2.19. The molecule has 6 heteroatoms. The van der Waals surface area contributed by atoms with Gasteiger partial charge in [0.05, 0.1) is 5.25 Å². The second-order valence-electron chi connectivity index (χ2n) is 6.43. The van der Waals surface area contributed by atoms with Crippen molar-refractivity contribution in [1.29, 1.82) is 0 Å². The average Bonchev–Trinajstić information content (AvgIpc) is 2.46. The Labute approximate surface area is 123 Å². The lowest BCUT2D eigenvalue weighted by Crippen LogP contribution is -2.46. The van der Waals surface area contributed by atoms with E-state index >= 15 is 0 Å². The summed E-state index contributed by atoms with van der Waals surface area (Å²) in [5.41, 5.74) is 0. The van der Waals surface area contributed by atoms with Crippen molar-refractivity contribution in [3.8, 4) is 0 Å². The topological polar surface area (TPSA) is 61.4 Å². The van der Waals surface area contributed by atoms with Gasteiger partial charge >= 0.3 is 0 Å². The smallest absolute Gasteiger partial charge is 0.215 e. The summed E-state index contributed by atoms with van der Waals surface area (Å²) in [6, 6.07) is 0.598. The first-order chi connectivity index (χ1) is 9.49. The van der Waals surface area contributed by atoms with Gasteiger partial charge in [-0.1, -0.05) is 0 Å². The van der Waals surface area contributed by atoms with Crippen LogP contribution in [0.4, 0.5) is 0 Å². The van der Waals surface area contributed by atoms with Crippen molar-refractivity contribution in [3.05, 3.63) is 0 Å². The molecular formula is C14H29N3O2S. The van der Waals surface area contributed by atoms with Crippen LogP contribution in [0.5, 0.6) is 0 Å². The van der Waals surface area contributed by atoms with Crippen LogP contribution in [0.25, 0.3) is 0 Å². The number of rotatable bonds is 5. The molecule has 0 aromatic carbocycles. The maximum Gasteiger partial charge on any atom is 0.215 e. The van der Waals surface area contributed by atoms with Gasteiger partial charge in [0.1, 0.15) is 0 Å². The van der Waals surface area contributed by atoms with Crippen molar-refractivity contribution in [1.82, 2.24) is 14.9 Å². The van der Waals surface area contributed by atoms with Crippen LogP contribution in [0, 0.1) is 5.92 Å². The largest absolute Gasteiger partial charge is 0.315 e. The van der Waals surface area contributed by atoms with Crippen molar-refractivity contribution in [3.63, 3.8) is 0 Å². The zero-order valence-corrected chi connectivity index (χ0v) is 13.6. The third-order valence-corrected chi connectivity index (χ3v) is 6.49. The maximum atomic E-state index is 12.2. The van der Waals surface area contributed by atoms with Gasteiger partial charge in [-0.3, -0.25) is 0 Å². The van der Waals surface area contributed by atoms with Crippen LogP contribution >= 0.6 is 0 Å². The molecule has 0 aromatic heterocycles. The van der Waals surface area contributed by atoms with Crippen LogP contribution in [0.15, 0.2) is 0 Å². The Kier molecular flexibility index (Phi) is 5.84. The normalized spacial score (nSPS) is 27.1. The molecule has 5 nitrogen and oxygen atoms in total. The Morgan fingerprint density at radius 1 is 1.25 bits per heavy atom. The summed E-state index contributed by atoms with van der Waals surface area (Å²) in [4.78, 5) is 2.47. The van der Waals surface area contributed by atoms with Crippen LogP contribution in [-0.4, -0.2) is 57.3 Å². The second-order valence-corrected chi connectivity index (χ2v) is 8.48. The molecule has 0 spiro atoms. The van der Waals surface area contributed by atoms with E-state index in [0.29, 0.717) is 25.0 Å². The van der Waals surface area contributed by atoms with Crippen molar-refractivity contribution >= 4 is 10.0 Å². The van der Waals surface area contributed by atoms with Gasteiger partial charge in [-0.2, -0.15) is 0 Å². The number of nitrogens with one attached hydrogen (secondary N) is 2. The van der Waals surface area contributed by atoms with Gasteiger partial charge in [0.15, 0.2) is 0 Å². The Morgan fingerprint density at radius 2 is 1.95 bits per heavy atom.